The summed E-state index contributed by atoms with van der Waals surface area (Å²) < 4.78 is 0. The molecule has 1 aromatic rings. The molecule has 1 atom stereocenters. The zero-order chi connectivity index (χ0) is 18.8. The van der Waals surface area contributed by atoms with E-state index in [1.54, 1.807) is 0 Å². The van der Waals surface area contributed by atoms with E-state index in [0.29, 0.717) is 6.04 Å². The Morgan fingerprint density at radius 1 is 1.19 bits per heavy atom. The first-order valence-electron chi connectivity index (χ1n) is 9.85. The first-order chi connectivity index (χ1) is 12.6. The van der Waals surface area contributed by atoms with Gasteiger partial charge in [-0.15, -0.1) is 24.0 Å². The smallest absolute Gasteiger partial charge is 0.191 e. The molecule has 1 heterocycles. The van der Waals surface area contributed by atoms with Crippen LogP contribution in [-0.4, -0.2) is 74.2 Å². The third-order valence-corrected chi connectivity index (χ3v) is 5.17. The molecule has 0 aliphatic carbocycles. The Labute approximate surface area is 186 Å². The van der Waals surface area contributed by atoms with Crippen molar-refractivity contribution in [3.8, 4) is 0 Å². The third-order valence-electron chi connectivity index (χ3n) is 4.93. The Hall–Kier alpha value is -0.570. The second kappa shape index (κ2) is 13.6. The topological polar surface area (TPSA) is 42.9 Å². The van der Waals surface area contributed by atoms with E-state index < -0.39 is 0 Å². The number of halogens is 2. The first kappa shape index (κ1) is 24.5. The molecule has 2 N–H and O–H groups in total. The second-order valence-corrected chi connectivity index (χ2v) is 7.28. The van der Waals surface area contributed by atoms with Crippen molar-refractivity contribution in [3.05, 3.63) is 34.9 Å². The first-order valence-corrected chi connectivity index (χ1v) is 10.2. The summed E-state index contributed by atoms with van der Waals surface area (Å²) in [6, 6.07) is 8.50. The number of guanidine groups is 1. The lowest BCUT2D eigenvalue weighted by Crippen LogP contribution is -2.50. The van der Waals surface area contributed by atoms with Crippen LogP contribution in [0.1, 0.15) is 26.3 Å². The van der Waals surface area contributed by atoms with Crippen molar-refractivity contribution in [2.75, 3.05) is 52.4 Å². The molecule has 0 bridgehead atoms. The van der Waals surface area contributed by atoms with Crippen molar-refractivity contribution in [1.29, 1.82) is 0 Å². The summed E-state index contributed by atoms with van der Waals surface area (Å²) >= 11 is 6.05. The lowest BCUT2D eigenvalue weighted by Gasteiger charge is -2.37. The van der Waals surface area contributed by atoms with Crippen LogP contribution in [0.3, 0.4) is 0 Å². The molecule has 1 aromatic carbocycles. The van der Waals surface area contributed by atoms with Gasteiger partial charge in [-0.1, -0.05) is 30.7 Å². The molecule has 1 fully saturated rings. The fourth-order valence-electron chi connectivity index (χ4n) is 3.22. The summed E-state index contributed by atoms with van der Waals surface area (Å²) in [6.45, 7) is 14.9. The van der Waals surface area contributed by atoms with Gasteiger partial charge in [0.1, 0.15) is 0 Å². The predicted octanol–water partition coefficient (Wildman–Crippen LogP) is 3.08. The van der Waals surface area contributed by atoms with Crippen LogP contribution in [-0.2, 0) is 6.42 Å². The minimum atomic E-state index is 0. The fourth-order valence-corrected chi connectivity index (χ4v) is 3.43. The van der Waals surface area contributed by atoms with E-state index in [1.807, 2.05) is 18.2 Å². The Bertz CT molecular complexity index is 561. The summed E-state index contributed by atoms with van der Waals surface area (Å²) in [5.41, 5.74) is 1.24. The van der Waals surface area contributed by atoms with E-state index in [0.717, 1.165) is 56.7 Å². The zero-order valence-electron chi connectivity index (χ0n) is 16.9. The van der Waals surface area contributed by atoms with Crippen molar-refractivity contribution >= 4 is 41.5 Å². The van der Waals surface area contributed by atoms with Gasteiger partial charge in [-0.3, -0.25) is 9.89 Å². The van der Waals surface area contributed by atoms with Gasteiger partial charge in [0.25, 0.3) is 0 Å². The summed E-state index contributed by atoms with van der Waals surface area (Å²) in [5.74, 6) is 0.897. The number of piperazine rings is 1. The van der Waals surface area contributed by atoms with Crippen molar-refractivity contribution in [2.45, 2.75) is 33.2 Å². The molecule has 0 spiro atoms. The number of hydrogen-bond acceptors (Lipinski definition) is 3. The monoisotopic (exact) mass is 507 g/mol. The normalized spacial score (nSPS) is 17.3. The average Bonchev–Trinajstić information content (AvgIpc) is 2.66. The molecule has 0 radical (unpaired) electrons. The molecule has 1 unspecified atom stereocenters. The maximum absolute atomic E-state index is 6.05. The number of likely N-dealkylation sites (N-methyl/N-ethyl adjacent to an activating group) is 1. The number of hydrogen-bond donors (Lipinski definition) is 2. The highest BCUT2D eigenvalue weighted by molar-refractivity contribution is 14.0. The molecule has 1 saturated heterocycles. The van der Waals surface area contributed by atoms with Crippen LogP contribution in [0.4, 0.5) is 0 Å². The van der Waals surface area contributed by atoms with E-state index in [4.69, 9.17) is 16.6 Å². The van der Waals surface area contributed by atoms with Crippen LogP contribution in [0.15, 0.2) is 29.3 Å². The Balaban J connectivity index is 0.00000364. The Morgan fingerprint density at radius 3 is 2.56 bits per heavy atom. The maximum Gasteiger partial charge on any atom is 0.191 e. The molecule has 154 valence electrons. The number of rotatable bonds is 8. The molecule has 2 rings (SSSR count). The number of nitrogens with zero attached hydrogens (tertiary/aromatic N) is 3. The predicted molar refractivity (Wildman–Crippen MR) is 128 cm³/mol. The van der Waals surface area contributed by atoms with Gasteiger partial charge in [-0.25, -0.2) is 0 Å². The fraction of sp³-hybridized carbons (Fsp3) is 0.650. The van der Waals surface area contributed by atoms with Gasteiger partial charge in [0.05, 0.1) is 6.54 Å². The Morgan fingerprint density at radius 2 is 1.93 bits per heavy atom. The van der Waals surface area contributed by atoms with Gasteiger partial charge in [-0.2, -0.15) is 0 Å². The van der Waals surface area contributed by atoms with Crippen molar-refractivity contribution in [1.82, 2.24) is 20.4 Å². The van der Waals surface area contributed by atoms with Crippen LogP contribution in [0.5, 0.6) is 0 Å². The molecule has 0 aromatic heterocycles. The van der Waals surface area contributed by atoms with Crippen LogP contribution < -0.4 is 10.6 Å². The number of nitrogens with one attached hydrogen (secondary N) is 2. The number of benzene rings is 1. The summed E-state index contributed by atoms with van der Waals surface area (Å²) in [4.78, 5) is 9.84. The standard InChI is InChI=1S/C20H34ClN5.HI/c1-4-22-20(23-10-9-18-7-6-8-19(21)15-18)24-16-17(3)26-13-11-25(5-2)12-14-26;/h6-8,15,17H,4-5,9-14,16H2,1-3H3,(H2,22,23,24);1H. The zero-order valence-corrected chi connectivity index (χ0v) is 20.0. The SMILES string of the molecule is CCNC(=NCC(C)N1CCN(CC)CC1)NCCc1cccc(Cl)c1.I. The van der Waals surface area contributed by atoms with Gasteiger partial charge in [0.2, 0.25) is 0 Å². The van der Waals surface area contributed by atoms with Gasteiger partial charge in [0, 0.05) is 50.3 Å². The second-order valence-electron chi connectivity index (χ2n) is 6.85. The lowest BCUT2D eigenvalue weighted by atomic mass is 10.1. The van der Waals surface area contributed by atoms with Gasteiger partial charge in [0.15, 0.2) is 5.96 Å². The minimum absolute atomic E-state index is 0. The molecule has 5 nitrogen and oxygen atoms in total. The maximum atomic E-state index is 6.05. The van der Waals surface area contributed by atoms with E-state index in [2.05, 4.69) is 47.3 Å². The Kier molecular flexibility index (Phi) is 12.3. The summed E-state index contributed by atoms with van der Waals surface area (Å²) in [5, 5.41) is 7.56. The van der Waals surface area contributed by atoms with Crippen molar-refractivity contribution in [2.24, 2.45) is 4.99 Å². The highest BCUT2D eigenvalue weighted by Gasteiger charge is 2.19. The molecule has 27 heavy (non-hydrogen) atoms. The molecule has 1 aliphatic rings. The number of aliphatic imine (C=N–C) groups is 1. The molecular formula is C20H35ClIN5. The molecule has 0 saturated carbocycles. The van der Waals surface area contributed by atoms with Crippen LogP contribution in [0, 0.1) is 0 Å². The molecule has 7 heteroatoms. The highest BCUT2D eigenvalue weighted by Crippen LogP contribution is 2.10. The van der Waals surface area contributed by atoms with Crippen LogP contribution in [0.25, 0.3) is 0 Å². The van der Waals surface area contributed by atoms with E-state index in [9.17, 15) is 0 Å². The van der Waals surface area contributed by atoms with E-state index in [-0.39, 0.29) is 24.0 Å². The quantitative estimate of drug-likeness (QED) is 0.322. The lowest BCUT2D eigenvalue weighted by molar-refractivity contribution is 0.109. The summed E-state index contributed by atoms with van der Waals surface area (Å²) in [6.07, 6.45) is 0.930. The molecule has 0 amide bonds. The van der Waals surface area contributed by atoms with Crippen LogP contribution >= 0.6 is 35.6 Å². The average molecular weight is 508 g/mol. The van der Waals surface area contributed by atoms with Crippen LogP contribution in [0.2, 0.25) is 5.02 Å². The van der Waals surface area contributed by atoms with Crippen molar-refractivity contribution in [3.63, 3.8) is 0 Å². The minimum Gasteiger partial charge on any atom is -0.357 e. The molecule has 1 aliphatic heterocycles. The van der Waals surface area contributed by atoms with Crippen molar-refractivity contribution < 1.29 is 0 Å². The van der Waals surface area contributed by atoms with Gasteiger partial charge >= 0.3 is 0 Å². The van der Waals surface area contributed by atoms with Gasteiger partial charge < -0.3 is 15.5 Å². The largest absolute Gasteiger partial charge is 0.357 e. The third kappa shape index (κ3) is 8.98. The van der Waals surface area contributed by atoms with Gasteiger partial charge in [-0.05, 0) is 44.5 Å². The summed E-state index contributed by atoms with van der Waals surface area (Å²) in [7, 11) is 0. The molecular weight excluding hydrogens is 473 g/mol. The van der Waals surface area contributed by atoms with E-state index >= 15 is 0 Å². The van der Waals surface area contributed by atoms with E-state index in [1.165, 1.54) is 18.7 Å². The highest BCUT2D eigenvalue weighted by atomic mass is 127.